The summed E-state index contributed by atoms with van der Waals surface area (Å²) in [7, 11) is 1.53. The number of likely N-dealkylation sites (N-methyl/N-ethyl adjacent to an activating group) is 1. The molecule has 0 aromatic heterocycles. The second-order valence-electron chi connectivity index (χ2n) is 2.96. The molecular weight excluding hydrogens is 275 g/mol. The highest BCUT2D eigenvalue weighted by molar-refractivity contribution is 9.10. The van der Waals surface area contributed by atoms with E-state index in [4.69, 9.17) is 0 Å². The number of hydrogen-bond acceptors (Lipinski definition) is 2. The van der Waals surface area contributed by atoms with Crippen molar-refractivity contribution < 1.29 is 18.3 Å². The fourth-order valence-electron chi connectivity index (χ4n) is 1.18. The number of halogens is 4. The van der Waals surface area contributed by atoms with Crippen molar-refractivity contribution in [2.75, 3.05) is 13.6 Å². The van der Waals surface area contributed by atoms with Gasteiger partial charge in [-0.15, -0.1) is 0 Å². The first-order valence-electron chi connectivity index (χ1n) is 4.14. The first-order valence-corrected chi connectivity index (χ1v) is 4.93. The van der Waals surface area contributed by atoms with Crippen LogP contribution in [0.25, 0.3) is 0 Å². The van der Waals surface area contributed by atoms with Crippen LogP contribution in [-0.2, 0) is 0 Å². The molecule has 0 amide bonds. The Morgan fingerprint density at radius 1 is 1.40 bits per heavy atom. The minimum absolute atomic E-state index is 0.0219. The molecule has 0 aliphatic rings. The Morgan fingerprint density at radius 2 is 2.00 bits per heavy atom. The van der Waals surface area contributed by atoms with Crippen LogP contribution in [0.5, 0.6) is 0 Å². The predicted molar refractivity (Wildman–Crippen MR) is 52.9 cm³/mol. The number of benzene rings is 1. The fourth-order valence-corrected chi connectivity index (χ4v) is 1.51. The Hall–Kier alpha value is -0.590. The molecule has 1 aromatic rings. The maximum Gasteiger partial charge on any atom is 0.149 e. The summed E-state index contributed by atoms with van der Waals surface area (Å²) in [5.74, 6) is -3.25. The van der Waals surface area contributed by atoms with E-state index in [1.165, 1.54) is 7.05 Å². The van der Waals surface area contributed by atoms with Crippen LogP contribution in [0.4, 0.5) is 13.2 Å². The van der Waals surface area contributed by atoms with Crippen molar-refractivity contribution in [2.24, 2.45) is 0 Å². The molecular formula is C9H9BrF3NO. The SMILES string of the molecule is CNCC(O)c1c(F)cc(F)c(Br)c1F. The number of hydrogen-bond donors (Lipinski definition) is 2. The van der Waals surface area contributed by atoms with E-state index >= 15 is 0 Å². The molecule has 1 aromatic carbocycles. The normalized spacial score (nSPS) is 12.9. The molecule has 0 saturated heterocycles. The Morgan fingerprint density at radius 3 is 2.53 bits per heavy atom. The van der Waals surface area contributed by atoms with E-state index in [-0.39, 0.29) is 6.54 Å². The molecule has 2 N–H and O–H groups in total. The first-order chi connectivity index (χ1) is 6.99. The molecule has 0 heterocycles. The van der Waals surface area contributed by atoms with Crippen molar-refractivity contribution in [3.63, 3.8) is 0 Å². The molecule has 2 nitrogen and oxygen atoms in total. The number of aliphatic hydroxyl groups excluding tert-OH is 1. The lowest BCUT2D eigenvalue weighted by atomic mass is 10.1. The minimum atomic E-state index is -1.35. The monoisotopic (exact) mass is 283 g/mol. The van der Waals surface area contributed by atoms with Crippen molar-refractivity contribution in [1.29, 1.82) is 0 Å². The van der Waals surface area contributed by atoms with Crippen molar-refractivity contribution in [3.8, 4) is 0 Å². The third kappa shape index (κ3) is 2.50. The Kier molecular flexibility index (Phi) is 4.12. The highest BCUT2D eigenvalue weighted by Gasteiger charge is 2.22. The van der Waals surface area contributed by atoms with Gasteiger partial charge >= 0.3 is 0 Å². The predicted octanol–water partition coefficient (Wildman–Crippen LogP) is 2.12. The molecule has 1 unspecified atom stereocenters. The molecule has 0 aliphatic carbocycles. The van der Waals surface area contributed by atoms with Crippen molar-refractivity contribution in [3.05, 3.63) is 33.6 Å². The van der Waals surface area contributed by atoms with Gasteiger partial charge in [0.05, 0.1) is 16.1 Å². The topological polar surface area (TPSA) is 32.3 Å². The Labute approximate surface area is 93.2 Å². The van der Waals surface area contributed by atoms with Crippen molar-refractivity contribution >= 4 is 15.9 Å². The second kappa shape index (κ2) is 4.96. The van der Waals surface area contributed by atoms with Crippen LogP contribution in [0.1, 0.15) is 11.7 Å². The maximum atomic E-state index is 13.4. The first kappa shape index (κ1) is 12.5. The molecule has 0 fully saturated rings. The minimum Gasteiger partial charge on any atom is -0.387 e. The van der Waals surface area contributed by atoms with Gasteiger partial charge in [-0.1, -0.05) is 0 Å². The summed E-state index contributed by atoms with van der Waals surface area (Å²) in [6, 6.07) is 0.529. The van der Waals surface area contributed by atoms with Gasteiger partial charge in [-0.25, -0.2) is 13.2 Å². The van der Waals surface area contributed by atoms with Gasteiger partial charge in [-0.3, -0.25) is 0 Å². The van der Waals surface area contributed by atoms with E-state index in [1.54, 1.807) is 0 Å². The van der Waals surface area contributed by atoms with E-state index in [2.05, 4.69) is 21.2 Å². The van der Waals surface area contributed by atoms with Gasteiger partial charge < -0.3 is 10.4 Å². The summed E-state index contributed by atoms with van der Waals surface area (Å²) in [5.41, 5.74) is -0.544. The van der Waals surface area contributed by atoms with Crippen LogP contribution in [0.2, 0.25) is 0 Å². The molecule has 1 rings (SSSR count). The molecule has 6 heteroatoms. The maximum absolute atomic E-state index is 13.4. The third-order valence-corrected chi connectivity index (χ3v) is 2.61. The molecule has 0 saturated carbocycles. The van der Waals surface area contributed by atoms with E-state index in [0.29, 0.717) is 6.07 Å². The van der Waals surface area contributed by atoms with Gasteiger partial charge in [-0.05, 0) is 23.0 Å². The number of nitrogens with one attached hydrogen (secondary N) is 1. The van der Waals surface area contributed by atoms with Crippen LogP contribution < -0.4 is 5.32 Å². The van der Waals surface area contributed by atoms with Crippen LogP contribution in [0, 0.1) is 17.5 Å². The smallest absolute Gasteiger partial charge is 0.149 e. The van der Waals surface area contributed by atoms with Crippen LogP contribution in [0.3, 0.4) is 0 Å². The molecule has 1 atom stereocenters. The summed E-state index contributed by atoms with van der Waals surface area (Å²) >= 11 is 2.64. The lowest BCUT2D eigenvalue weighted by Gasteiger charge is -2.13. The molecule has 0 bridgehead atoms. The number of rotatable bonds is 3. The molecule has 84 valence electrons. The summed E-state index contributed by atoms with van der Waals surface area (Å²) < 4.78 is 38.9. The van der Waals surface area contributed by atoms with E-state index < -0.39 is 33.6 Å². The van der Waals surface area contributed by atoms with Gasteiger partial charge in [0.1, 0.15) is 17.5 Å². The average molecular weight is 284 g/mol. The van der Waals surface area contributed by atoms with E-state index in [1.807, 2.05) is 0 Å². The van der Waals surface area contributed by atoms with E-state index in [9.17, 15) is 18.3 Å². The molecule has 0 spiro atoms. The van der Waals surface area contributed by atoms with E-state index in [0.717, 1.165) is 0 Å². The molecule has 0 radical (unpaired) electrons. The van der Waals surface area contributed by atoms with Gasteiger partial charge in [0.25, 0.3) is 0 Å². The quantitative estimate of drug-likeness (QED) is 0.658. The number of aliphatic hydroxyl groups is 1. The Bertz CT molecular complexity index is 373. The second-order valence-corrected chi connectivity index (χ2v) is 3.75. The largest absolute Gasteiger partial charge is 0.387 e. The van der Waals surface area contributed by atoms with Crippen molar-refractivity contribution in [2.45, 2.75) is 6.10 Å². The lowest BCUT2D eigenvalue weighted by Crippen LogP contribution is -2.19. The highest BCUT2D eigenvalue weighted by atomic mass is 79.9. The van der Waals surface area contributed by atoms with Crippen LogP contribution >= 0.6 is 15.9 Å². The standard InChI is InChI=1S/C9H9BrF3NO/c1-14-3-6(15)7-4(11)2-5(12)8(10)9(7)13/h2,6,14-15H,3H2,1H3. The zero-order valence-corrected chi connectivity index (χ0v) is 9.41. The van der Waals surface area contributed by atoms with Gasteiger partial charge in [0.2, 0.25) is 0 Å². The van der Waals surface area contributed by atoms with Gasteiger partial charge in [0, 0.05) is 12.6 Å². The zero-order valence-electron chi connectivity index (χ0n) is 7.82. The lowest BCUT2D eigenvalue weighted by molar-refractivity contribution is 0.167. The van der Waals surface area contributed by atoms with Gasteiger partial charge in [-0.2, -0.15) is 0 Å². The van der Waals surface area contributed by atoms with Crippen LogP contribution in [-0.4, -0.2) is 18.7 Å². The Balaban J connectivity index is 3.23. The summed E-state index contributed by atoms with van der Waals surface area (Å²) in [5, 5.41) is 12.0. The average Bonchev–Trinajstić information content (AvgIpc) is 2.15. The summed E-state index contributed by atoms with van der Waals surface area (Å²) in [4.78, 5) is 0. The third-order valence-electron chi connectivity index (χ3n) is 1.88. The van der Waals surface area contributed by atoms with Crippen molar-refractivity contribution in [1.82, 2.24) is 5.32 Å². The highest BCUT2D eigenvalue weighted by Crippen LogP contribution is 2.28. The molecule has 15 heavy (non-hydrogen) atoms. The summed E-state index contributed by atoms with van der Waals surface area (Å²) in [6.07, 6.45) is -1.35. The van der Waals surface area contributed by atoms with Gasteiger partial charge in [0.15, 0.2) is 0 Å². The fraction of sp³-hybridized carbons (Fsp3) is 0.333. The van der Waals surface area contributed by atoms with Crippen LogP contribution in [0.15, 0.2) is 10.5 Å². The summed E-state index contributed by atoms with van der Waals surface area (Å²) in [6.45, 7) is -0.0219. The zero-order chi connectivity index (χ0) is 11.6. The molecule has 0 aliphatic heterocycles.